The number of carboxylic acid groups (broad SMARTS) is 1. The predicted molar refractivity (Wildman–Crippen MR) is 99.1 cm³/mol. The van der Waals surface area contributed by atoms with Gasteiger partial charge in [-0.05, 0) is 18.2 Å². The summed E-state index contributed by atoms with van der Waals surface area (Å²) in [5.41, 5.74) is 3.72. The number of anilines is 1. The number of amides is 2. The molecular formula is C20H19N3O3. The Morgan fingerprint density at radius 3 is 2.54 bits per heavy atom. The average molecular weight is 349 g/mol. The van der Waals surface area contributed by atoms with Gasteiger partial charge < -0.3 is 19.9 Å². The van der Waals surface area contributed by atoms with Crippen LogP contribution < -0.4 is 5.32 Å². The predicted octanol–water partition coefficient (Wildman–Crippen LogP) is 3.32. The van der Waals surface area contributed by atoms with Gasteiger partial charge in [-0.3, -0.25) is 4.79 Å². The van der Waals surface area contributed by atoms with Crippen molar-refractivity contribution in [3.8, 4) is 0 Å². The van der Waals surface area contributed by atoms with E-state index in [0.29, 0.717) is 19.5 Å². The number of para-hydroxylation sites is 2. The van der Waals surface area contributed by atoms with E-state index in [4.69, 9.17) is 0 Å². The topological polar surface area (TPSA) is 74.6 Å². The van der Waals surface area contributed by atoms with E-state index in [1.165, 1.54) is 0 Å². The minimum Gasteiger partial charge on any atom is -0.480 e. The van der Waals surface area contributed by atoms with E-state index < -0.39 is 5.97 Å². The molecule has 26 heavy (non-hydrogen) atoms. The molecule has 0 aliphatic carbocycles. The highest BCUT2D eigenvalue weighted by atomic mass is 16.4. The fraction of sp³-hybridized carbons (Fsp3) is 0.200. The zero-order valence-corrected chi connectivity index (χ0v) is 14.2. The number of fused-ring (bicyclic) bond motifs is 3. The third-order valence-corrected chi connectivity index (χ3v) is 4.77. The Morgan fingerprint density at radius 1 is 1.04 bits per heavy atom. The van der Waals surface area contributed by atoms with Gasteiger partial charge in [0.15, 0.2) is 0 Å². The Labute approximate surface area is 150 Å². The van der Waals surface area contributed by atoms with E-state index in [-0.39, 0.29) is 12.6 Å². The summed E-state index contributed by atoms with van der Waals surface area (Å²) in [7, 11) is 0. The molecule has 0 fully saturated rings. The van der Waals surface area contributed by atoms with Crippen molar-refractivity contribution in [3.05, 3.63) is 65.9 Å². The lowest BCUT2D eigenvalue weighted by Gasteiger charge is -2.28. The number of carbonyl (C=O) groups is 2. The van der Waals surface area contributed by atoms with Crippen LogP contribution in [0.15, 0.2) is 54.6 Å². The number of aliphatic carboxylic acids is 1. The van der Waals surface area contributed by atoms with Crippen LogP contribution in [0.2, 0.25) is 0 Å². The molecule has 2 N–H and O–H groups in total. The second-order valence-electron chi connectivity index (χ2n) is 6.39. The Hall–Kier alpha value is -3.28. The summed E-state index contributed by atoms with van der Waals surface area (Å²) >= 11 is 0. The molecule has 3 aromatic rings. The zero-order chi connectivity index (χ0) is 18.1. The first kappa shape index (κ1) is 16.2. The monoisotopic (exact) mass is 349 g/mol. The summed E-state index contributed by atoms with van der Waals surface area (Å²) in [6.07, 6.45) is 0.638. The average Bonchev–Trinajstić information content (AvgIpc) is 2.96. The zero-order valence-electron chi connectivity index (χ0n) is 14.2. The van der Waals surface area contributed by atoms with Crippen molar-refractivity contribution in [2.45, 2.75) is 19.5 Å². The molecule has 6 nitrogen and oxygen atoms in total. The van der Waals surface area contributed by atoms with Crippen LogP contribution in [0, 0.1) is 0 Å². The number of aromatic nitrogens is 1. The first-order chi connectivity index (χ1) is 12.6. The molecule has 1 aliphatic rings. The third-order valence-electron chi connectivity index (χ3n) is 4.77. The maximum Gasteiger partial charge on any atom is 0.323 e. The maximum absolute atomic E-state index is 12.6. The quantitative estimate of drug-likeness (QED) is 0.762. The summed E-state index contributed by atoms with van der Waals surface area (Å²) in [6.45, 7) is 0.967. The molecule has 2 amide bonds. The molecule has 0 spiro atoms. The highest BCUT2D eigenvalue weighted by Crippen LogP contribution is 2.31. The number of nitrogens with zero attached hydrogens (tertiary/aromatic N) is 2. The fourth-order valence-electron chi connectivity index (χ4n) is 3.61. The lowest BCUT2D eigenvalue weighted by Crippen LogP contribution is -2.39. The van der Waals surface area contributed by atoms with Gasteiger partial charge in [-0.1, -0.05) is 36.4 Å². The van der Waals surface area contributed by atoms with Gasteiger partial charge in [-0.15, -0.1) is 0 Å². The number of carboxylic acids is 1. The van der Waals surface area contributed by atoms with Gasteiger partial charge in [0.05, 0.1) is 0 Å². The molecule has 0 unspecified atom stereocenters. The second-order valence-corrected chi connectivity index (χ2v) is 6.39. The Morgan fingerprint density at radius 2 is 1.77 bits per heavy atom. The number of hydrogen-bond acceptors (Lipinski definition) is 2. The smallest absolute Gasteiger partial charge is 0.323 e. The molecular weight excluding hydrogens is 330 g/mol. The van der Waals surface area contributed by atoms with Crippen LogP contribution in [0.25, 0.3) is 10.9 Å². The van der Waals surface area contributed by atoms with Gasteiger partial charge in [0.2, 0.25) is 0 Å². The first-order valence-electron chi connectivity index (χ1n) is 8.55. The maximum atomic E-state index is 12.6. The number of rotatable bonds is 3. The molecule has 0 radical (unpaired) electrons. The van der Waals surface area contributed by atoms with Gasteiger partial charge in [-0.25, -0.2) is 4.79 Å². The lowest BCUT2D eigenvalue weighted by atomic mass is 10.0. The largest absolute Gasteiger partial charge is 0.480 e. The van der Waals surface area contributed by atoms with Gasteiger partial charge >= 0.3 is 12.0 Å². The Bertz CT molecular complexity index is 979. The molecule has 2 aromatic carbocycles. The summed E-state index contributed by atoms with van der Waals surface area (Å²) in [4.78, 5) is 25.7. The fourth-order valence-corrected chi connectivity index (χ4v) is 3.61. The third kappa shape index (κ3) is 2.90. The van der Waals surface area contributed by atoms with Crippen molar-refractivity contribution in [1.82, 2.24) is 9.47 Å². The SMILES string of the molecule is O=C(O)Cn1c2c(c3ccccc31)CN(C(=O)Nc1ccccc1)CC2. The molecule has 0 saturated heterocycles. The minimum atomic E-state index is -0.863. The van der Waals surface area contributed by atoms with Crippen LogP contribution in [0.5, 0.6) is 0 Å². The van der Waals surface area contributed by atoms with E-state index in [9.17, 15) is 14.7 Å². The van der Waals surface area contributed by atoms with Gasteiger partial charge in [0.1, 0.15) is 6.54 Å². The van der Waals surface area contributed by atoms with Crippen molar-refractivity contribution in [1.29, 1.82) is 0 Å². The van der Waals surface area contributed by atoms with Crippen molar-refractivity contribution in [3.63, 3.8) is 0 Å². The first-order valence-corrected chi connectivity index (χ1v) is 8.55. The number of carbonyl (C=O) groups excluding carboxylic acids is 1. The molecule has 0 saturated carbocycles. The summed E-state index contributed by atoms with van der Waals surface area (Å²) in [5, 5.41) is 13.2. The second kappa shape index (κ2) is 6.55. The summed E-state index contributed by atoms with van der Waals surface area (Å²) in [5.74, 6) is -0.863. The van der Waals surface area contributed by atoms with E-state index in [2.05, 4.69) is 5.32 Å². The van der Waals surface area contributed by atoms with Crippen molar-refractivity contribution >= 4 is 28.6 Å². The molecule has 1 aromatic heterocycles. The van der Waals surface area contributed by atoms with E-state index in [1.807, 2.05) is 59.2 Å². The lowest BCUT2D eigenvalue weighted by molar-refractivity contribution is -0.137. The van der Waals surface area contributed by atoms with Crippen molar-refractivity contribution < 1.29 is 14.7 Å². The summed E-state index contributed by atoms with van der Waals surface area (Å²) < 4.78 is 1.86. The van der Waals surface area contributed by atoms with Crippen LogP contribution in [-0.2, 0) is 24.3 Å². The Balaban J connectivity index is 1.64. The van der Waals surface area contributed by atoms with Crippen LogP contribution in [0.3, 0.4) is 0 Å². The Kier molecular flexibility index (Phi) is 4.08. The molecule has 1 aliphatic heterocycles. The molecule has 4 rings (SSSR count). The number of urea groups is 1. The minimum absolute atomic E-state index is 0.0634. The standard InChI is InChI=1S/C20H19N3O3/c24-19(25)13-23-17-9-5-4-8-15(17)16-12-22(11-10-18(16)23)20(26)21-14-6-2-1-3-7-14/h1-9H,10-13H2,(H,21,26)(H,24,25). The van der Waals surface area contributed by atoms with Gasteiger partial charge in [0, 0.05) is 47.4 Å². The summed E-state index contributed by atoms with van der Waals surface area (Å²) in [6, 6.07) is 17.0. The molecule has 132 valence electrons. The normalized spacial score (nSPS) is 13.5. The van der Waals surface area contributed by atoms with Crippen molar-refractivity contribution in [2.75, 3.05) is 11.9 Å². The number of benzene rings is 2. The highest BCUT2D eigenvalue weighted by molar-refractivity contribution is 5.91. The van der Waals surface area contributed by atoms with Crippen LogP contribution in [-0.4, -0.2) is 33.1 Å². The molecule has 6 heteroatoms. The number of nitrogens with one attached hydrogen (secondary N) is 1. The van der Waals surface area contributed by atoms with E-state index in [1.54, 1.807) is 4.90 Å². The van der Waals surface area contributed by atoms with Crippen LogP contribution in [0.1, 0.15) is 11.3 Å². The molecule has 2 heterocycles. The van der Waals surface area contributed by atoms with E-state index in [0.717, 1.165) is 27.8 Å². The van der Waals surface area contributed by atoms with Gasteiger partial charge in [0.25, 0.3) is 0 Å². The highest BCUT2D eigenvalue weighted by Gasteiger charge is 2.27. The van der Waals surface area contributed by atoms with Crippen LogP contribution in [0.4, 0.5) is 10.5 Å². The number of hydrogen-bond donors (Lipinski definition) is 2. The van der Waals surface area contributed by atoms with Crippen molar-refractivity contribution in [2.24, 2.45) is 0 Å². The van der Waals surface area contributed by atoms with Crippen LogP contribution >= 0.6 is 0 Å². The van der Waals surface area contributed by atoms with E-state index >= 15 is 0 Å². The van der Waals surface area contributed by atoms with Gasteiger partial charge in [-0.2, -0.15) is 0 Å². The molecule has 0 bridgehead atoms. The molecule has 0 atom stereocenters.